The van der Waals surface area contributed by atoms with Crippen molar-refractivity contribution in [2.75, 3.05) is 5.75 Å². The SMILES string of the molecule is C=CCn1c(COc2ccc(F)cc2)nnc1SCC(=O)NC(=O)NC1CC1. The Labute approximate surface area is 165 Å². The second-order valence-electron chi connectivity index (χ2n) is 6.13. The molecule has 1 heterocycles. The molecular weight excluding hydrogens is 385 g/mol. The summed E-state index contributed by atoms with van der Waals surface area (Å²) in [5, 5.41) is 13.7. The third kappa shape index (κ3) is 5.81. The van der Waals surface area contributed by atoms with Crippen molar-refractivity contribution in [2.24, 2.45) is 0 Å². The first-order chi connectivity index (χ1) is 13.5. The zero-order valence-electron chi connectivity index (χ0n) is 15.1. The minimum Gasteiger partial charge on any atom is -0.486 e. The standard InChI is InChI=1S/C18H20FN5O3S/c1-2-9-24-15(10-27-14-7-3-12(19)4-8-14)22-23-18(24)28-11-16(25)21-17(26)20-13-5-6-13/h2-4,7-8,13H,1,5-6,9-11H2,(H2,20,21,25,26). The molecule has 0 radical (unpaired) electrons. The number of imide groups is 1. The van der Waals surface area contributed by atoms with E-state index in [9.17, 15) is 14.0 Å². The van der Waals surface area contributed by atoms with Gasteiger partial charge in [0.25, 0.3) is 0 Å². The molecule has 28 heavy (non-hydrogen) atoms. The number of carbonyl (C=O) groups is 2. The summed E-state index contributed by atoms with van der Waals surface area (Å²) in [5.41, 5.74) is 0. The van der Waals surface area contributed by atoms with Crippen molar-refractivity contribution in [3.8, 4) is 5.75 Å². The summed E-state index contributed by atoms with van der Waals surface area (Å²) in [6.07, 6.45) is 3.57. The quantitative estimate of drug-likeness (QED) is 0.491. The summed E-state index contributed by atoms with van der Waals surface area (Å²) in [4.78, 5) is 23.5. The number of aromatic nitrogens is 3. The van der Waals surface area contributed by atoms with Crippen molar-refractivity contribution in [2.45, 2.75) is 37.2 Å². The fourth-order valence-corrected chi connectivity index (χ4v) is 3.03. The lowest BCUT2D eigenvalue weighted by Gasteiger charge is -2.09. The molecule has 0 spiro atoms. The Balaban J connectivity index is 1.54. The molecule has 1 saturated carbocycles. The molecule has 3 rings (SSSR count). The minimum atomic E-state index is -0.478. The first kappa shape index (κ1) is 19.9. The third-order valence-corrected chi connectivity index (χ3v) is 4.75. The summed E-state index contributed by atoms with van der Waals surface area (Å²) in [5.74, 6) is 0.306. The van der Waals surface area contributed by atoms with Gasteiger partial charge in [-0.05, 0) is 37.1 Å². The van der Waals surface area contributed by atoms with E-state index in [0.717, 1.165) is 24.6 Å². The molecule has 8 nitrogen and oxygen atoms in total. The highest BCUT2D eigenvalue weighted by Crippen LogP contribution is 2.20. The molecule has 1 aromatic heterocycles. The average molecular weight is 405 g/mol. The maximum atomic E-state index is 13.0. The van der Waals surface area contributed by atoms with E-state index in [2.05, 4.69) is 27.4 Å². The van der Waals surface area contributed by atoms with Gasteiger partial charge in [-0.2, -0.15) is 0 Å². The average Bonchev–Trinajstić information content (AvgIpc) is 3.39. The molecule has 2 aromatic rings. The van der Waals surface area contributed by atoms with Gasteiger partial charge in [-0.1, -0.05) is 17.8 Å². The predicted octanol–water partition coefficient (Wildman–Crippen LogP) is 2.26. The molecule has 10 heteroatoms. The van der Waals surface area contributed by atoms with E-state index in [4.69, 9.17) is 4.74 Å². The second-order valence-corrected chi connectivity index (χ2v) is 7.07. The fourth-order valence-electron chi connectivity index (χ4n) is 2.27. The Morgan fingerprint density at radius 1 is 1.32 bits per heavy atom. The molecule has 1 aromatic carbocycles. The van der Waals surface area contributed by atoms with E-state index >= 15 is 0 Å². The summed E-state index contributed by atoms with van der Waals surface area (Å²) in [7, 11) is 0. The van der Waals surface area contributed by atoms with Crippen LogP contribution in [-0.2, 0) is 17.9 Å². The lowest BCUT2D eigenvalue weighted by molar-refractivity contribution is -0.117. The Morgan fingerprint density at radius 3 is 2.75 bits per heavy atom. The van der Waals surface area contributed by atoms with Gasteiger partial charge >= 0.3 is 6.03 Å². The highest BCUT2D eigenvalue weighted by atomic mass is 32.2. The monoisotopic (exact) mass is 405 g/mol. The van der Waals surface area contributed by atoms with Crippen LogP contribution in [0.3, 0.4) is 0 Å². The van der Waals surface area contributed by atoms with Gasteiger partial charge in [0.05, 0.1) is 5.75 Å². The summed E-state index contributed by atoms with van der Waals surface area (Å²) in [6.45, 7) is 4.27. The molecule has 2 N–H and O–H groups in total. The number of hydrogen-bond acceptors (Lipinski definition) is 6. The van der Waals surface area contributed by atoms with Gasteiger partial charge in [0.15, 0.2) is 11.0 Å². The maximum Gasteiger partial charge on any atom is 0.321 e. The van der Waals surface area contributed by atoms with Crippen molar-refractivity contribution in [1.82, 2.24) is 25.4 Å². The third-order valence-electron chi connectivity index (χ3n) is 3.78. The zero-order valence-corrected chi connectivity index (χ0v) is 15.9. The molecule has 148 valence electrons. The van der Waals surface area contributed by atoms with Crippen LogP contribution in [-0.4, -0.2) is 38.5 Å². The zero-order chi connectivity index (χ0) is 19.9. The van der Waals surface area contributed by atoms with Crippen LogP contribution in [0.2, 0.25) is 0 Å². The molecule has 0 unspecified atom stereocenters. The van der Waals surface area contributed by atoms with E-state index in [-0.39, 0.29) is 24.2 Å². The van der Waals surface area contributed by atoms with E-state index in [1.54, 1.807) is 10.6 Å². The number of nitrogens with zero attached hydrogens (tertiary/aromatic N) is 3. The van der Waals surface area contributed by atoms with Crippen LogP contribution in [0, 0.1) is 5.82 Å². The molecule has 0 saturated heterocycles. The molecule has 0 aliphatic heterocycles. The molecular formula is C18H20FN5O3S. The Morgan fingerprint density at radius 2 is 2.07 bits per heavy atom. The van der Waals surface area contributed by atoms with Crippen LogP contribution in [0.5, 0.6) is 5.75 Å². The number of halogens is 1. The van der Waals surface area contributed by atoms with Gasteiger partial charge in [0, 0.05) is 12.6 Å². The van der Waals surface area contributed by atoms with Crippen LogP contribution in [0.1, 0.15) is 18.7 Å². The van der Waals surface area contributed by atoms with E-state index < -0.39 is 11.9 Å². The lowest BCUT2D eigenvalue weighted by atomic mass is 10.3. The second kappa shape index (κ2) is 9.36. The number of amides is 3. The molecule has 1 aliphatic carbocycles. The molecule has 1 aliphatic rings. The van der Waals surface area contributed by atoms with Crippen LogP contribution in [0.25, 0.3) is 0 Å². The largest absolute Gasteiger partial charge is 0.486 e. The van der Waals surface area contributed by atoms with Gasteiger partial charge in [-0.25, -0.2) is 9.18 Å². The predicted molar refractivity (Wildman–Crippen MR) is 101 cm³/mol. The number of rotatable bonds is 9. The number of hydrogen-bond donors (Lipinski definition) is 2. The normalized spacial score (nSPS) is 13.0. The number of thioether (sulfide) groups is 1. The first-order valence-corrected chi connectivity index (χ1v) is 9.68. The summed E-state index contributed by atoms with van der Waals surface area (Å²) < 4.78 is 20.3. The van der Waals surface area contributed by atoms with E-state index in [0.29, 0.717) is 23.3 Å². The van der Waals surface area contributed by atoms with Crippen molar-refractivity contribution in [1.29, 1.82) is 0 Å². The van der Waals surface area contributed by atoms with Crippen molar-refractivity contribution in [3.05, 3.63) is 48.6 Å². The number of ether oxygens (including phenoxy) is 1. The van der Waals surface area contributed by atoms with Crippen LogP contribution < -0.4 is 15.4 Å². The Hall–Kier alpha value is -2.88. The molecule has 0 atom stereocenters. The van der Waals surface area contributed by atoms with Gasteiger partial charge in [-0.3, -0.25) is 14.7 Å². The van der Waals surface area contributed by atoms with Crippen LogP contribution in [0.15, 0.2) is 42.1 Å². The number of nitrogens with one attached hydrogen (secondary N) is 2. The first-order valence-electron chi connectivity index (χ1n) is 8.69. The summed E-state index contributed by atoms with van der Waals surface area (Å²) >= 11 is 1.16. The number of allylic oxidation sites excluding steroid dienone is 1. The molecule has 1 fully saturated rings. The van der Waals surface area contributed by atoms with Gasteiger partial charge in [0.2, 0.25) is 5.91 Å². The van der Waals surface area contributed by atoms with Crippen molar-refractivity contribution in [3.63, 3.8) is 0 Å². The number of benzene rings is 1. The smallest absolute Gasteiger partial charge is 0.321 e. The Bertz CT molecular complexity index is 851. The maximum absolute atomic E-state index is 13.0. The molecule has 0 bridgehead atoms. The minimum absolute atomic E-state index is 0.0200. The topological polar surface area (TPSA) is 98.1 Å². The van der Waals surface area contributed by atoms with Crippen molar-refractivity contribution < 1.29 is 18.7 Å². The number of carbonyl (C=O) groups excluding carboxylic acids is 2. The highest BCUT2D eigenvalue weighted by Gasteiger charge is 2.24. The van der Waals surface area contributed by atoms with Crippen LogP contribution >= 0.6 is 11.8 Å². The van der Waals surface area contributed by atoms with E-state index in [1.165, 1.54) is 24.3 Å². The van der Waals surface area contributed by atoms with E-state index in [1.807, 2.05) is 0 Å². The Kier molecular flexibility index (Phi) is 6.64. The molecule has 3 amide bonds. The van der Waals surface area contributed by atoms with Crippen LogP contribution in [0.4, 0.5) is 9.18 Å². The fraction of sp³-hybridized carbons (Fsp3) is 0.333. The highest BCUT2D eigenvalue weighted by molar-refractivity contribution is 7.99. The lowest BCUT2D eigenvalue weighted by Crippen LogP contribution is -2.41. The van der Waals surface area contributed by atoms with Gasteiger partial charge in [-0.15, -0.1) is 16.8 Å². The summed E-state index contributed by atoms with van der Waals surface area (Å²) in [6, 6.07) is 5.37. The van der Waals surface area contributed by atoms with Gasteiger partial charge in [0.1, 0.15) is 18.2 Å². The van der Waals surface area contributed by atoms with Gasteiger partial charge < -0.3 is 10.1 Å². The van der Waals surface area contributed by atoms with Crippen molar-refractivity contribution >= 4 is 23.7 Å². The number of urea groups is 1.